The van der Waals surface area contributed by atoms with E-state index in [2.05, 4.69) is 9.37 Å². The van der Waals surface area contributed by atoms with Crippen molar-refractivity contribution in [2.45, 2.75) is 37.4 Å². The van der Waals surface area contributed by atoms with Gasteiger partial charge in [0.25, 0.3) is 0 Å². The molecule has 2 fully saturated rings. The van der Waals surface area contributed by atoms with Crippen molar-refractivity contribution in [2.75, 3.05) is 0 Å². The lowest BCUT2D eigenvalue weighted by atomic mass is 9.86. The summed E-state index contributed by atoms with van der Waals surface area (Å²) >= 11 is -0.113. The van der Waals surface area contributed by atoms with Gasteiger partial charge in [-0.05, 0) is 37.0 Å². The third-order valence-corrected chi connectivity index (χ3v) is 4.11. The predicted octanol–water partition coefficient (Wildman–Crippen LogP) is 3.47. The minimum Gasteiger partial charge on any atom is -0.220 e. The Labute approximate surface area is 91.2 Å². The first-order chi connectivity index (χ1) is 7.11. The minimum atomic E-state index is -2.97. The molecule has 0 aromatic heterocycles. The van der Waals surface area contributed by atoms with Crippen LogP contribution in [0.3, 0.4) is 0 Å². The summed E-state index contributed by atoms with van der Waals surface area (Å²) in [4.78, 5) is 0. The molecule has 6 heteroatoms. The van der Waals surface area contributed by atoms with E-state index < -0.39 is 5.25 Å². The highest BCUT2D eigenvalue weighted by Crippen LogP contribution is 2.52. The summed E-state index contributed by atoms with van der Waals surface area (Å²) in [5, 5.41) is 8.03. The Balaban J connectivity index is 1.80. The quantitative estimate of drug-likeness (QED) is 0.453. The molecule has 3 atom stereocenters. The zero-order valence-electron chi connectivity index (χ0n) is 8.20. The van der Waals surface area contributed by atoms with Gasteiger partial charge in [-0.2, -0.15) is 8.78 Å². The highest BCUT2D eigenvalue weighted by Gasteiger charge is 2.45. The maximum absolute atomic E-state index is 13.2. The average Bonchev–Trinajstić information content (AvgIpc) is 2.75. The fourth-order valence-corrected chi connectivity index (χ4v) is 3.44. The van der Waals surface area contributed by atoms with Crippen LogP contribution in [0.4, 0.5) is 8.78 Å². The van der Waals surface area contributed by atoms with E-state index in [1.165, 1.54) is 6.42 Å². The standard InChI is InChI=1S/C9H14F2O3S/c10-9(11,15-14-13-12)5-8-4-6-1-2-7(8)3-6/h6-8,12H,1-5H2. The van der Waals surface area contributed by atoms with Crippen LogP contribution in [-0.2, 0) is 9.37 Å². The normalized spacial score (nSPS) is 35.0. The Hall–Kier alpha value is 0.0900. The molecule has 0 aromatic rings. The molecule has 2 bridgehead atoms. The van der Waals surface area contributed by atoms with E-state index in [1.54, 1.807) is 0 Å². The first-order valence-corrected chi connectivity index (χ1v) is 5.88. The lowest BCUT2D eigenvalue weighted by Gasteiger charge is -2.24. The summed E-state index contributed by atoms with van der Waals surface area (Å²) in [5.41, 5.74) is 0. The average molecular weight is 240 g/mol. The molecule has 0 radical (unpaired) electrons. The molecule has 0 spiro atoms. The van der Waals surface area contributed by atoms with Gasteiger partial charge in [0.15, 0.2) is 0 Å². The van der Waals surface area contributed by atoms with Gasteiger partial charge in [-0.25, -0.2) is 5.26 Å². The summed E-state index contributed by atoms with van der Waals surface area (Å²) < 4.78 is 30.3. The van der Waals surface area contributed by atoms with Gasteiger partial charge in [0, 0.05) is 6.42 Å². The smallest absolute Gasteiger partial charge is 0.220 e. The van der Waals surface area contributed by atoms with Gasteiger partial charge in [-0.15, -0.1) is 4.33 Å². The predicted molar refractivity (Wildman–Crippen MR) is 50.9 cm³/mol. The van der Waals surface area contributed by atoms with E-state index in [0.29, 0.717) is 11.8 Å². The van der Waals surface area contributed by atoms with Crippen LogP contribution in [0.25, 0.3) is 0 Å². The minimum absolute atomic E-state index is 0.105. The molecule has 15 heavy (non-hydrogen) atoms. The Bertz CT molecular complexity index is 227. The lowest BCUT2D eigenvalue weighted by molar-refractivity contribution is -0.433. The van der Waals surface area contributed by atoms with Crippen molar-refractivity contribution in [1.29, 1.82) is 0 Å². The second kappa shape index (κ2) is 4.53. The van der Waals surface area contributed by atoms with E-state index in [-0.39, 0.29) is 24.4 Å². The number of alkyl halides is 2. The molecule has 2 saturated carbocycles. The molecule has 0 aromatic carbocycles. The molecular formula is C9H14F2O3S. The highest BCUT2D eigenvalue weighted by molar-refractivity contribution is 7.95. The van der Waals surface area contributed by atoms with Crippen molar-refractivity contribution in [3.05, 3.63) is 0 Å². The van der Waals surface area contributed by atoms with Gasteiger partial charge in [0.05, 0.1) is 0 Å². The maximum atomic E-state index is 13.2. The van der Waals surface area contributed by atoms with Crippen molar-refractivity contribution in [3.8, 4) is 0 Å². The Morgan fingerprint density at radius 3 is 2.67 bits per heavy atom. The molecular weight excluding hydrogens is 226 g/mol. The molecule has 0 aliphatic heterocycles. The van der Waals surface area contributed by atoms with Crippen LogP contribution in [0.15, 0.2) is 0 Å². The van der Waals surface area contributed by atoms with Crippen LogP contribution in [0.5, 0.6) is 0 Å². The number of hydrogen-bond acceptors (Lipinski definition) is 4. The van der Waals surface area contributed by atoms with Crippen LogP contribution in [0.1, 0.15) is 32.1 Å². The molecule has 0 amide bonds. The largest absolute Gasteiger partial charge is 0.321 e. The van der Waals surface area contributed by atoms with Crippen molar-refractivity contribution >= 4 is 12.0 Å². The summed E-state index contributed by atoms with van der Waals surface area (Å²) in [6.07, 6.45) is 4.15. The number of hydrogen-bond donors (Lipinski definition) is 1. The molecule has 2 aliphatic carbocycles. The first kappa shape index (κ1) is 11.6. The summed E-state index contributed by atoms with van der Waals surface area (Å²) in [6.45, 7) is 0. The van der Waals surface area contributed by atoms with E-state index in [4.69, 9.17) is 5.26 Å². The third kappa shape index (κ3) is 2.81. The van der Waals surface area contributed by atoms with E-state index in [9.17, 15) is 8.78 Å². The van der Waals surface area contributed by atoms with Crippen LogP contribution in [-0.4, -0.2) is 10.5 Å². The van der Waals surface area contributed by atoms with E-state index >= 15 is 0 Å². The fraction of sp³-hybridized carbons (Fsp3) is 1.00. The topological polar surface area (TPSA) is 38.7 Å². The zero-order valence-corrected chi connectivity index (χ0v) is 9.01. The number of rotatable bonds is 5. The summed E-state index contributed by atoms with van der Waals surface area (Å²) in [6, 6.07) is 0. The number of halogens is 2. The molecule has 0 saturated heterocycles. The van der Waals surface area contributed by atoms with Crippen LogP contribution in [0.2, 0.25) is 0 Å². The van der Waals surface area contributed by atoms with Crippen molar-refractivity contribution in [1.82, 2.24) is 0 Å². The summed E-state index contributed by atoms with van der Waals surface area (Å²) in [5.74, 6) is 1.24. The molecule has 88 valence electrons. The van der Waals surface area contributed by atoms with Gasteiger partial charge >= 0.3 is 5.25 Å². The molecule has 0 heterocycles. The maximum Gasteiger partial charge on any atom is 0.321 e. The molecule has 3 unspecified atom stereocenters. The molecule has 2 aliphatic rings. The Morgan fingerprint density at radius 2 is 2.13 bits per heavy atom. The monoisotopic (exact) mass is 240 g/mol. The zero-order chi connectivity index (χ0) is 10.9. The van der Waals surface area contributed by atoms with Crippen molar-refractivity contribution in [2.24, 2.45) is 17.8 Å². The van der Waals surface area contributed by atoms with Gasteiger partial charge in [0.2, 0.25) is 0 Å². The molecule has 3 nitrogen and oxygen atoms in total. The van der Waals surface area contributed by atoms with Crippen LogP contribution in [0, 0.1) is 17.8 Å². The van der Waals surface area contributed by atoms with Crippen LogP contribution < -0.4 is 0 Å². The molecule has 1 N–H and O–H groups in total. The highest BCUT2D eigenvalue weighted by atomic mass is 32.2. The Morgan fingerprint density at radius 1 is 1.33 bits per heavy atom. The lowest BCUT2D eigenvalue weighted by Crippen LogP contribution is -2.21. The van der Waals surface area contributed by atoms with Gasteiger partial charge in [-0.1, -0.05) is 11.5 Å². The molecule has 2 rings (SSSR count). The van der Waals surface area contributed by atoms with Crippen molar-refractivity contribution < 1.29 is 23.4 Å². The second-order valence-corrected chi connectivity index (χ2v) is 5.40. The van der Waals surface area contributed by atoms with Crippen LogP contribution >= 0.6 is 12.0 Å². The SMILES string of the molecule is OOOSC(F)(F)CC1CC2CCC1C2. The third-order valence-electron chi connectivity index (χ3n) is 3.57. The van der Waals surface area contributed by atoms with Gasteiger partial charge in [-0.3, -0.25) is 0 Å². The van der Waals surface area contributed by atoms with E-state index in [0.717, 1.165) is 19.3 Å². The van der Waals surface area contributed by atoms with Crippen molar-refractivity contribution in [3.63, 3.8) is 0 Å². The van der Waals surface area contributed by atoms with Gasteiger partial charge in [0.1, 0.15) is 12.0 Å². The first-order valence-electron chi connectivity index (χ1n) is 5.14. The number of fused-ring (bicyclic) bond motifs is 2. The summed E-state index contributed by atoms with van der Waals surface area (Å²) in [7, 11) is 0. The second-order valence-electron chi connectivity index (χ2n) is 4.50. The van der Waals surface area contributed by atoms with E-state index in [1.807, 2.05) is 0 Å². The van der Waals surface area contributed by atoms with Gasteiger partial charge < -0.3 is 0 Å². The fourth-order valence-electron chi connectivity index (χ4n) is 3.03. The Kier molecular flexibility index (Phi) is 3.49.